The molecule has 5 rings (SSSR count). The maximum atomic E-state index is 10.5. The molecule has 0 saturated carbocycles. The summed E-state index contributed by atoms with van der Waals surface area (Å²) in [6.45, 7) is 0. The van der Waals surface area contributed by atoms with Gasteiger partial charge in [0.1, 0.15) is 11.5 Å². The maximum absolute atomic E-state index is 10.5. The SMILES string of the molecule is COc1ccc2cc(-c3ccc(N(C)[C@H]4CC5CC[C@H](C4)N5)nn3)c(O)cc2c1. The summed E-state index contributed by atoms with van der Waals surface area (Å²) in [5, 5.41) is 25.1. The van der Waals surface area contributed by atoms with Gasteiger partial charge in [0, 0.05) is 30.7 Å². The zero-order valence-electron chi connectivity index (χ0n) is 16.8. The third-order valence-corrected chi connectivity index (χ3v) is 6.45. The van der Waals surface area contributed by atoms with E-state index in [1.54, 1.807) is 13.2 Å². The number of phenols is 1. The Balaban J connectivity index is 1.40. The van der Waals surface area contributed by atoms with Gasteiger partial charge >= 0.3 is 0 Å². The lowest BCUT2D eigenvalue weighted by Gasteiger charge is -2.36. The number of piperidine rings is 1. The highest BCUT2D eigenvalue weighted by atomic mass is 16.5. The van der Waals surface area contributed by atoms with Gasteiger partial charge in [-0.3, -0.25) is 0 Å². The Morgan fingerprint density at radius 1 is 1.00 bits per heavy atom. The van der Waals surface area contributed by atoms with E-state index in [9.17, 15) is 5.11 Å². The third kappa shape index (κ3) is 3.38. The maximum Gasteiger partial charge on any atom is 0.151 e. The molecule has 3 heterocycles. The molecule has 1 aromatic heterocycles. The van der Waals surface area contributed by atoms with Gasteiger partial charge in [-0.2, -0.15) is 0 Å². The number of hydrogen-bond donors (Lipinski definition) is 2. The molecule has 150 valence electrons. The van der Waals surface area contributed by atoms with Gasteiger partial charge in [0.25, 0.3) is 0 Å². The first-order chi connectivity index (χ1) is 14.1. The monoisotopic (exact) mass is 390 g/mol. The molecule has 1 unspecified atom stereocenters. The van der Waals surface area contributed by atoms with Crippen molar-refractivity contribution in [3.8, 4) is 22.8 Å². The number of fused-ring (bicyclic) bond motifs is 3. The van der Waals surface area contributed by atoms with Crippen LogP contribution >= 0.6 is 0 Å². The molecule has 29 heavy (non-hydrogen) atoms. The first kappa shape index (κ1) is 18.2. The number of hydrogen-bond acceptors (Lipinski definition) is 6. The molecule has 2 aromatic carbocycles. The van der Waals surface area contributed by atoms with Crippen molar-refractivity contribution in [1.29, 1.82) is 0 Å². The van der Waals surface area contributed by atoms with E-state index in [2.05, 4.69) is 27.5 Å². The van der Waals surface area contributed by atoms with Crippen molar-refractivity contribution in [2.24, 2.45) is 0 Å². The number of aromatic hydroxyl groups is 1. The van der Waals surface area contributed by atoms with Gasteiger partial charge in [-0.25, -0.2) is 0 Å². The van der Waals surface area contributed by atoms with E-state index in [4.69, 9.17) is 4.74 Å². The molecule has 3 atom stereocenters. The van der Waals surface area contributed by atoms with Crippen molar-refractivity contribution < 1.29 is 9.84 Å². The summed E-state index contributed by atoms with van der Waals surface area (Å²) >= 11 is 0. The molecule has 0 aliphatic carbocycles. The summed E-state index contributed by atoms with van der Waals surface area (Å²) in [7, 11) is 3.75. The van der Waals surface area contributed by atoms with E-state index >= 15 is 0 Å². The molecule has 2 N–H and O–H groups in total. The summed E-state index contributed by atoms with van der Waals surface area (Å²) in [5.41, 5.74) is 1.35. The van der Waals surface area contributed by atoms with Crippen LogP contribution in [0, 0.1) is 0 Å². The average molecular weight is 390 g/mol. The highest BCUT2D eigenvalue weighted by Gasteiger charge is 2.35. The van der Waals surface area contributed by atoms with Gasteiger partial charge in [0.05, 0.1) is 12.8 Å². The zero-order valence-corrected chi connectivity index (χ0v) is 16.8. The van der Waals surface area contributed by atoms with Crippen LogP contribution in [0.4, 0.5) is 5.82 Å². The second-order valence-electron chi connectivity index (χ2n) is 8.23. The van der Waals surface area contributed by atoms with Crippen LogP contribution in [0.2, 0.25) is 0 Å². The molecule has 6 heteroatoms. The number of methoxy groups -OCH3 is 1. The molecule has 0 amide bonds. The molecule has 0 spiro atoms. The highest BCUT2D eigenvalue weighted by Crippen LogP contribution is 2.35. The molecule has 6 nitrogen and oxygen atoms in total. The average Bonchev–Trinajstić information content (AvgIpc) is 3.09. The number of nitrogens with zero attached hydrogens (tertiary/aromatic N) is 3. The molecule has 2 saturated heterocycles. The quantitative estimate of drug-likeness (QED) is 0.707. The van der Waals surface area contributed by atoms with Crippen LogP contribution in [0.1, 0.15) is 25.7 Å². The van der Waals surface area contributed by atoms with Crippen LogP contribution in [-0.4, -0.2) is 47.6 Å². The molecule has 2 aliphatic rings. The van der Waals surface area contributed by atoms with E-state index < -0.39 is 0 Å². The highest BCUT2D eigenvalue weighted by molar-refractivity contribution is 5.90. The molecule has 2 fully saturated rings. The van der Waals surface area contributed by atoms with Crippen LogP contribution in [0.5, 0.6) is 11.5 Å². The Morgan fingerprint density at radius 2 is 1.79 bits per heavy atom. The Kier molecular flexibility index (Phi) is 4.51. The minimum Gasteiger partial charge on any atom is -0.507 e. The summed E-state index contributed by atoms with van der Waals surface area (Å²) < 4.78 is 5.27. The van der Waals surface area contributed by atoms with E-state index in [1.807, 2.05) is 36.4 Å². The van der Waals surface area contributed by atoms with Crippen LogP contribution in [0.25, 0.3) is 22.0 Å². The second-order valence-corrected chi connectivity index (χ2v) is 8.23. The van der Waals surface area contributed by atoms with Crippen LogP contribution in [0.3, 0.4) is 0 Å². The van der Waals surface area contributed by atoms with Crippen LogP contribution in [0.15, 0.2) is 42.5 Å². The minimum atomic E-state index is 0.191. The number of anilines is 1. The lowest BCUT2D eigenvalue weighted by molar-refractivity contribution is 0.353. The topological polar surface area (TPSA) is 70.5 Å². The van der Waals surface area contributed by atoms with Crippen LogP contribution in [-0.2, 0) is 0 Å². The van der Waals surface area contributed by atoms with Crippen molar-refractivity contribution in [1.82, 2.24) is 15.5 Å². The molecule has 2 bridgehead atoms. The predicted octanol–water partition coefficient (Wildman–Crippen LogP) is 3.73. The van der Waals surface area contributed by atoms with Gasteiger partial charge in [0.2, 0.25) is 0 Å². The van der Waals surface area contributed by atoms with Gasteiger partial charge in [0.15, 0.2) is 5.82 Å². The normalized spacial score (nSPS) is 23.3. The second kappa shape index (κ2) is 7.19. The Morgan fingerprint density at radius 3 is 2.48 bits per heavy atom. The summed E-state index contributed by atoms with van der Waals surface area (Å²) in [4.78, 5) is 2.26. The summed E-state index contributed by atoms with van der Waals surface area (Å²) in [5.74, 6) is 1.84. The van der Waals surface area contributed by atoms with E-state index in [-0.39, 0.29) is 5.75 Å². The lowest BCUT2D eigenvalue weighted by Crippen LogP contribution is -2.47. The number of phenolic OH excluding ortho intramolecular Hbond substituents is 1. The summed E-state index contributed by atoms with van der Waals surface area (Å²) in [6, 6.07) is 15.2. The number of benzene rings is 2. The number of rotatable bonds is 4. The smallest absolute Gasteiger partial charge is 0.151 e. The van der Waals surface area contributed by atoms with Gasteiger partial charge < -0.3 is 20.1 Å². The van der Waals surface area contributed by atoms with E-state index in [0.29, 0.717) is 29.4 Å². The first-order valence-corrected chi connectivity index (χ1v) is 10.2. The number of nitrogens with one attached hydrogen (secondary N) is 1. The number of aromatic nitrogens is 2. The van der Waals surface area contributed by atoms with Crippen molar-refractivity contribution in [2.75, 3.05) is 19.1 Å². The fourth-order valence-corrected chi connectivity index (χ4v) is 4.78. The number of ether oxygens (including phenoxy) is 1. The van der Waals surface area contributed by atoms with Gasteiger partial charge in [-0.15, -0.1) is 10.2 Å². The standard InChI is InChI=1S/C23H26N4O2/c1-27(18-12-16-4-5-17(13-18)24-16)23-8-7-21(25-26-23)20-10-14-3-6-19(29-2)9-15(14)11-22(20)28/h3,6-11,16-18,24,28H,4-5,12-13H2,1-2H3/t16-,17?,18-/m1/s1. The zero-order chi connectivity index (χ0) is 20.0. The van der Waals surface area contributed by atoms with E-state index in [0.717, 1.165) is 35.2 Å². The predicted molar refractivity (Wildman–Crippen MR) is 115 cm³/mol. The third-order valence-electron chi connectivity index (χ3n) is 6.45. The van der Waals surface area contributed by atoms with Crippen LogP contribution < -0.4 is 15.0 Å². The van der Waals surface area contributed by atoms with Crippen molar-refractivity contribution in [3.63, 3.8) is 0 Å². The van der Waals surface area contributed by atoms with Crippen molar-refractivity contribution in [3.05, 3.63) is 42.5 Å². The lowest BCUT2D eigenvalue weighted by atomic mass is 9.98. The largest absolute Gasteiger partial charge is 0.507 e. The van der Waals surface area contributed by atoms with E-state index in [1.165, 1.54) is 12.8 Å². The Bertz CT molecular complexity index is 1020. The van der Waals surface area contributed by atoms with Gasteiger partial charge in [-0.1, -0.05) is 6.07 Å². The van der Waals surface area contributed by atoms with Gasteiger partial charge in [-0.05, 0) is 72.9 Å². The fraction of sp³-hybridized carbons (Fsp3) is 0.391. The summed E-state index contributed by atoms with van der Waals surface area (Å²) in [6.07, 6.45) is 4.89. The Labute approximate surface area is 170 Å². The minimum absolute atomic E-state index is 0.191. The fourth-order valence-electron chi connectivity index (χ4n) is 4.78. The molecular weight excluding hydrogens is 364 g/mol. The molecule has 0 radical (unpaired) electrons. The molecular formula is C23H26N4O2. The Hall–Kier alpha value is -2.86. The van der Waals surface area contributed by atoms with Crippen molar-refractivity contribution in [2.45, 2.75) is 43.8 Å². The van der Waals surface area contributed by atoms with Crippen molar-refractivity contribution >= 4 is 16.6 Å². The molecule has 3 aromatic rings. The first-order valence-electron chi connectivity index (χ1n) is 10.2. The molecule has 2 aliphatic heterocycles.